The van der Waals surface area contributed by atoms with Crippen molar-refractivity contribution in [1.82, 2.24) is 19.9 Å². The Morgan fingerprint density at radius 2 is 1.93 bits per heavy atom. The van der Waals surface area contributed by atoms with Gasteiger partial charge in [-0.2, -0.15) is 13.2 Å². The molecule has 42 heavy (non-hydrogen) atoms. The highest BCUT2D eigenvalue weighted by atomic mass is 32.1. The summed E-state index contributed by atoms with van der Waals surface area (Å²) in [5.74, 6) is -0.744. The normalized spacial score (nSPS) is 12.3. The first kappa shape index (κ1) is 30.7. The van der Waals surface area contributed by atoms with Crippen LogP contribution in [0.5, 0.6) is 0 Å². The number of rotatable bonds is 9. The average Bonchev–Trinajstić information content (AvgIpc) is 3.46. The van der Waals surface area contributed by atoms with Crippen LogP contribution in [0.3, 0.4) is 0 Å². The summed E-state index contributed by atoms with van der Waals surface area (Å²) in [4.78, 5) is 46.3. The lowest BCUT2D eigenvalue weighted by molar-refractivity contribution is -0.140. The van der Waals surface area contributed by atoms with Crippen molar-refractivity contribution in [2.45, 2.75) is 39.4 Å². The third kappa shape index (κ3) is 6.29. The molecule has 4 aromatic rings. The summed E-state index contributed by atoms with van der Waals surface area (Å²) < 4.78 is 46.9. The quantitative estimate of drug-likeness (QED) is 0.216. The molecular formula is C28H28F3N5O5S. The van der Waals surface area contributed by atoms with Crippen molar-refractivity contribution in [3.05, 3.63) is 63.5 Å². The molecule has 3 aromatic heterocycles. The molecule has 2 amide bonds. The van der Waals surface area contributed by atoms with Crippen molar-refractivity contribution < 1.29 is 32.6 Å². The van der Waals surface area contributed by atoms with Crippen molar-refractivity contribution in [3.63, 3.8) is 0 Å². The van der Waals surface area contributed by atoms with E-state index in [1.807, 2.05) is 6.92 Å². The molecule has 1 aromatic carbocycles. The van der Waals surface area contributed by atoms with Gasteiger partial charge in [-0.05, 0) is 44.0 Å². The number of amides is 2. The van der Waals surface area contributed by atoms with Crippen LogP contribution in [0.15, 0.2) is 46.8 Å². The minimum Gasteiger partial charge on any atom is -0.462 e. The highest BCUT2D eigenvalue weighted by Crippen LogP contribution is 2.39. The van der Waals surface area contributed by atoms with E-state index in [1.165, 1.54) is 24.5 Å². The summed E-state index contributed by atoms with van der Waals surface area (Å²) >= 11 is 0.765. The molecule has 0 radical (unpaired) electrons. The maximum absolute atomic E-state index is 13.5. The SMILES string of the molecule is CCNC(=O)Nc1cc(-c2nc(C(F)(F)F)cs2)c(-c2ccc3c(c2)c(=O)c(C(=O)OCC)cn3[C@H](CC)CO)cn1. The van der Waals surface area contributed by atoms with Gasteiger partial charge < -0.3 is 19.7 Å². The Morgan fingerprint density at radius 1 is 1.17 bits per heavy atom. The lowest BCUT2D eigenvalue weighted by Crippen LogP contribution is -2.28. The van der Waals surface area contributed by atoms with E-state index in [4.69, 9.17) is 4.74 Å². The molecule has 0 saturated heterocycles. The van der Waals surface area contributed by atoms with E-state index >= 15 is 0 Å². The van der Waals surface area contributed by atoms with Crippen molar-refractivity contribution in [1.29, 1.82) is 0 Å². The molecule has 0 aliphatic carbocycles. The van der Waals surface area contributed by atoms with Crippen molar-refractivity contribution in [3.8, 4) is 21.7 Å². The minimum atomic E-state index is -4.66. The first-order chi connectivity index (χ1) is 20.0. The number of fused-ring (bicyclic) bond motifs is 1. The van der Waals surface area contributed by atoms with Crippen LogP contribution in [0.2, 0.25) is 0 Å². The van der Waals surface area contributed by atoms with Crippen molar-refractivity contribution in [2.24, 2.45) is 0 Å². The number of anilines is 1. The number of thiazole rings is 1. The number of aliphatic hydroxyl groups is 1. The fourth-order valence-corrected chi connectivity index (χ4v) is 5.23. The van der Waals surface area contributed by atoms with Gasteiger partial charge in [0, 0.05) is 40.8 Å². The van der Waals surface area contributed by atoms with E-state index in [9.17, 15) is 32.7 Å². The summed E-state index contributed by atoms with van der Waals surface area (Å²) in [6, 6.07) is 5.21. The number of nitrogens with zero attached hydrogens (tertiary/aromatic N) is 3. The Balaban J connectivity index is 1.95. The van der Waals surface area contributed by atoms with E-state index in [-0.39, 0.29) is 40.6 Å². The topological polar surface area (TPSA) is 135 Å². The van der Waals surface area contributed by atoms with Gasteiger partial charge in [-0.1, -0.05) is 13.0 Å². The second-order valence-corrected chi connectivity index (χ2v) is 9.97. The number of aliphatic hydroxyl groups excluding tert-OH is 1. The van der Waals surface area contributed by atoms with E-state index in [1.54, 1.807) is 30.5 Å². The van der Waals surface area contributed by atoms with E-state index in [0.29, 0.717) is 29.6 Å². The zero-order chi connectivity index (χ0) is 30.6. The number of urea groups is 1. The lowest BCUT2D eigenvalue weighted by atomic mass is 9.99. The Kier molecular flexibility index (Phi) is 9.27. The Bertz CT molecular complexity index is 1680. The first-order valence-corrected chi connectivity index (χ1v) is 13.9. The fraction of sp³-hybridized carbons (Fsp3) is 0.321. The zero-order valence-corrected chi connectivity index (χ0v) is 23.7. The predicted molar refractivity (Wildman–Crippen MR) is 153 cm³/mol. The maximum atomic E-state index is 13.5. The molecule has 0 fully saturated rings. The molecule has 1 atom stereocenters. The van der Waals surface area contributed by atoms with Gasteiger partial charge in [-0.25, -0.2) is 19.6 Å². The number of benzene rings is 1. The largest absolute Gasteiger partial charge is 0.462 e. The summed E-state index contributed by atoms with van der Waals surface area (Å²) in [6.45, 7) is 5.32. The standard InChI is InChI=1S/C28H28F3N5O5S/c1-4-16(13-37)36-12-20(26(39)41-6-3)24(38)18-9-15(7-8-21(18)36)19-11-33-23(35-27(40)32-5-2)10-17(19)25-34-22(14-42-25)28(29,30)31/h7-12,14,16,37H,4-6,13H2,1-3H3,(H2,32,33,35,40)/t16-/m1/s1. The molecule has 0 aliphatic rings. The maximum Gasteiger partial charge on any atom is 0.434 e. The zero-order valence-electron chi connectivity index (χ0n) is 22.9. The third-order valence-electron chi connectivity index (χ3n) is 6.42. The number of alkyl halides is 3. The number of esters is 1. The number of pyridine rings is 2. The van der Waals surface area contributed by atoms with Crippen molar-refractivity contribution >= 4 is 40.1 Å². The second-order valence-electron chi connectivity index (χ2n) is 9.11. The minimum absolute atomic E-state index is 0.0165. The van der Waals surface area contributed by atoms with Gasteiger partial charge in [-0.3, -0.25) is 10.1 Å². The Morgan fingerprint density at radius 3 is 2.55 bits per heavy atom. The van der Waals surface area contributed by atoms with E-state index in [2.05, 4.69) is 20.6 Å². The highest BCUT2D eigenvalue weighted by molar-refractivity contribution is 7.13. The van der Waals surface area contributed by atoms with Gasteiger partial charge in [0.25, 0.3) is 0 Å². The summed E-state index contributed by atoms with van der Waals surface area (Å²) in [5, 5.41) is 16.1. The van der Waals surface area contributed by atoms with Crippen LogP contribution in [0.1, 0.15) is 49.3 Å². The van der Waals surface area contributed by atoms with E-state index in [0.717, 1.165) is 16.7 Å². The van der Waals surface area contributed by atoms with Crippen LogP contribution in [-0.4, -0.2) is 51.4 Å². The number of ether oxygens (including phenoxy) is 1. The summed E-state index contributed by atoms with van der Waals surface area (Å²) in [5.41, 5.74) is -0.479. The summed E-state index contributed by atoms with van der Waals surface area (Å²) in [7, 11) is 0. The van der Waals surface area contributed by atoms with Gasteiger partial charge in [0.05, 0.1) is 24.8 Å². The van der Waals surface area contributed by atoms with E-state index < -0.39 is 35.3 Å². The molecule has 0 aliphatic heterocycles. The number of hydrogen-bond donors (Lipinski definition) is 3. The molecule has 3 heterocycles. The predicted octanol–water partition coefficient (Wildman–Crippen LogP) is 5.47. The molecule has 10 nitrogen and oxygen atoms in total. The van der Waals surface area contributed by atoms with Gasteiger partial charge in [0.2, 0.25) is 5.43 Å². The molecule has 0 saturated carbocycles. The second kappa shape index (κ2) is 12.7. The number of nitrogens with one attached hydrogen (secondary N) is 2. The first-order valence-electron chi connectivity index (χ1n) is 13.1. The van der Waals surface area contributed by atoms with Crippen LogP contribution in [0, 0.1) is 0 Å². The highest BCUT2D eigenvalue weighted by Gasteiger charge is 2.34. The van der Waals surface area contributed by atoms with Gasteiger partial charge >= 0.3 is 18.2 Å². The van der Waals surface area contributed by atoms with Crippen LogP contribution in [0.4, 0.5) is 23.8 Å². The van der Waals surface area contributed by atoms with Crippen LogP contribution >= 0.6 is 11.3 Å². The molecule has 3 N–H and O–H groups in total. The third-order valence-corrected chi connectivity index (χ3v) is 7.30. The van der Waals surface area contributed by atoms with Crippen LogP contribution < -0.4 is 16.1 Å². The Hall–Kier alpha value is -4.30. The molecule has 0 spiro atoms. The average molecular weight is 604 g/mol. The molecular weight excluding hydrogens is 575 g/mol. The number of aromatic nitrogens is 3. The van der Waals surface area contributed by atoms with Gasteiger partial charge in [0.15, 0.2) is 5.69 Å². The fourth-order valence-electron chi connectivity index (χ4n) is 4.37. The molecule has 222 valence electrons. The molecule has 0 unspecified atom stereocenters. The smallest absolute Gasteiger partial charge is 0.434 e. The number of halogens is 3. The number of hydrogen-bond acceptors (Lipinski definition) is 8. The summed E-state index contributed by atoms with van der Waals surface area (Å²) in [6.07, 6.45) is -1.43. The lowest BCUT2D eigenvalue weighted by Gasteiger charge is -2.21. The Labute approximate surface area is 242 Å². The number of carbonyl (C=O) groups excluding carboxylic acids is 2. The molecule has 14 heteroatoms. The van der Waals surface area contributed by atoms with Crippen LogP contribution in [0.25, 0.3) is 32.6 Å². The molecule has 4 rings (SSSR count). The molecule has 0 bridgehead atoms. The van der Waals surface area contributed by atoms with Gasteiger partial charge in [-0.15, -0.1) is 11.3 Å². The monoisotopic (exact) mass is 603 g/mol. The van der Waals surface area contributed by atoms with Gasteiger partial charge in [0.1, 0.15) is 16.4 Å². The van der Waals surface area contributed by atoms with Crippen LogP contribution in [-0.2, 0) is 10.9 Å². The van der Waals surface area contributed by atoms with Crippen molar-refractivity contribution in [2.75, 3.05) is 25.1 Å². The number of carbonyl (C=O) groups is 2.